The molecule has 3 fully saturated rings. The first-order chi connectivity index (χ1) is 16.1. The molecule has 3 aliphatic heterocycles. The molecule has 1 unspecified atom stereocenters. The van der Waals surface area contributed by atoms with E-state index in [-0.39, 0.29) is 11.7 Å². The van der Waals surface area contributed by atoms with Gasteiger partial charge in [-0.05, 0) is 37.5 Å². The van der Waals surface area contributed by atoms with Gasteiger partial charge in [-0.1, -0.05) is 12.8 Å². The SMILES string of the molecule is O=C1NCCC12Cc1cnc(Nc3ccc(N4CCNCC4)cc3F)nc1N2C1CCCC1. The number of hydrogen-bond donors (Lipinski definition) is 3. The van der Waals surface area contributed by atoms with Crippen molar-refractivity contribution in [2.75, 3.05) is 47.8 Å². The van der Waals surface area contributed by atoms with Crippen molar-refractivity contribution in [2.45, 2.75) is 50.1 Å². The fourth-order valence-electron chi connectivity index (χ4n) is 5.98. The molecule has 1 aromatic carbocycles. The molecule has 0 bridgehead atoms. The fourth-order valence-corrected chi connectivity index (χ4v) is 5.98. The number of hydrogen-bond acceptors (Lipinski definition) is 7. The number of nitrogens with one attached hydrogen (secondary N) is 3. The first kappa shape index (κ1) is 20.7. The molecule has 1 spiro atoms. The molecule has 2 saturated heterocycles. The molecule has 1 saturated carbocycles. The number of anilines is 4. The third kappa shape index (κ3) is 3.49. The number of aromatic nitrogens is 2. The number of rotatable bonds is 4. The van der Waals surface area contributed by atoms with E-state index in [0.717, 1.165) is 62.5 Å². The average molecular weight is 452 g/mol. The van der Waals surface area contributed by atoms with Gasteiger partial charge in [-0.25, -0.2) is 9.37 Å². The van der Waals surface area contributed by atoms with Crippen LogP contribution < -0.4 is 25.8 Å². The van der Waals surface area contributed by atoms with Crippen LogP contribution in [0.1, 0.15) is 37.7 Å². The van der Waals surface area contributed by atoms with Gasteiger partial charge in [-0.2, -0.15) is 4.98 Å². The topological polar surface area (TPSA) is 85.4 Å². The first-order valence-corrected chi connectivity index (χ1v) is 12.1. The standard InChI is InChI=1S/C24H30FN7O/c25-19-13-18(31-11-9-26-10-12-31)5-6-20(19)29-23-28-15-16-14-24(7-8-27-22(24)33)32(21(16)30-23)17-3-1-2-4-17/h5-6,13,15,17,26H,1-4,7-12,14H2,(H,27,33)(H,28,29,30). The maximum absolute atomic E-state index is 15.0. The Bertz CT molecular complexity index is 1070. The molecule has 2 aromatic rings. The molecule has 4 aliphatic rings. The van der Waals surface area contributed by atoms with E-state index in [1.807, 2.05) is 6.07 Å². The second-order valence-corrected chi connectivity index (χ2v) is 9.59. The zero-order chi connectivity index (χ0) is 22.4. The summed E-state index contributed by atoms with van der Waals surface area (Å²) in [7, 11) is 0. The van der Waals surface area contributed by atoms with E-state index in [9.17, 15) is 9.18 Å². The highest BCUT2D eigenvalue weighted by molar-refractivity contribution is 5.94. The van der Waals surface area contributed by atoms with Crippen LogP contribution in [0.2, 0.25) is 0 Å². The Labute approximate surface area is 193 Å². The largest absolute Gasteiger partial charge is 0.369 e. The van der Waals surface area contributed by atoms with Gasteiger partial charge in [0, 0.05) is 62.6 Å². The molecule has 9 heteroatoms. The summed E-state index contributed by atoms with van der Waals surface area (Å²) in [5.41, 5.74) is 1.68. The van der Waals surface area contributed by atoms with Crippen molar-refractivity contribution in [3.8, 4) is 0 Å². The summed E-state index contributed by atoms with van der Waals surface area (Å²) in [6.45, 7) is 4.24. The Morgan fingerprint density at radius 1 is 1.15 bits per heavy atom. The Hall–Kier alpha value is -2.94. The predicted molar refractivity (Wildman–Crippen MR) is 126 cm³/mol. The van der Waals surface area contributed by atoms with Crippen LogP contribution in [0.15, 0.2) is 24.4 Å². The number of benzene rings is 1. The second kappa shape index (κ2) is 8.13. The molecule has 6 rings (SSSR count). The van der Waals surface area contributed by atoms with Gasteiger partial charge in [0.1, 0.15) is 17.2 Å². The van der Waals surface area contributed by atoms with Crippen molar-refractivity contribution in [2.24, 2.45) is 0 Å². The van der Waals surface area contributed by atoms with Crippen LogP contribution in [0.3, 0.4) is 0 Å². The number of nitrogens with zero attached hydrogens (tertiary/aromatic N) is 4. The van der Waals surface area contributed by atoms with Crippen molar-refractivity contribution in [3.63, 3.8) is 0 Å². The van der Waals surface area contributed by atoms with Gasteiger partial charge in [-0.15, -0.1) is 0 Å². The van der Waals surface area contributed by atoms with Crippen LogP contribution in [-0.4, -0.2) is 60.2 Å². The van der Waals surface area contributed by atoms with Crippen LogP contribution in [0.25, 0.3) is 0 Å². The number of halogens is 1. The summed E-state index contributed by atoms with van der Waals surface area (Å²) in [6, 6.07) is 5.58. The predicted octanol–water partition coefficient (Wildman–Crippen LogP) is 2.33. The van der Waals surface area contributed by atoms with Crippen LogP contribution in [0, 0.1) is 5.82 Å². The van der Waals surface area contributed by atoms with Crippen LogP contribution >= 0.6 is 0 Å². The lowest BCUT2D eigenvalue weighted by molar-refractivity contribution is -0.123. The zero-order valence-electron chi connectivity index (χ0n) is 18.7. The molecule has 174 valence electrons. The number of amides is 1. The number of carbonyl (C=O) groups is 1. The Morgan fingerprint density at radius 3 is 2.70 bits per heavy atom. The molecule has 4 heterocycles. The summed E-state index contributed by atoms with van der Waals surface area (Å²) in [5.74, 6) is 0.959. The zero-order valence-corrected chi connectivity index (χ0v) is 18.7. The van der Waals surface area contributed by atoms with Crippen LogP contribution in [-0.2, 0) is 11.2 Å². The van der Waals surface area contributed by atoms with Gasteiger partial charge in [0.05, 0.1) is 5.69 Å². The first-order valence-electron chi connectivity index (χ1n) is 12.1. The smallest absolute Gasteiger partial charge is 0.246 e. The molecule has 1 atom stereocenters. The van der Waals surface area contributed by atoms with Gasteiger partial charge in [0.15, 0.2) is 0 Å². The fraction of sp³-hybridized carbons (Fsp3) is 0.542. The van der Waals surface area contributed by atoms with E-state index in [2.05, 4.69) is 30.7 Å². The lowest BCUT2D eigenvalue weighted by Crippen LogP contribution is -2.56. The molecule has 3 N–H and O–H groups in total. The Kier molecular flexibility index (Phi) is 5.09. The number of fused-ring (bicyclic) bond motifs is 1. The third-order valence-electron chi connectivity index (χ3n) is 7.63. The molecule has 8 nitrogen and oxygen atoms in total. The minimum Gasteiger partial charge on any atom is -0.369 e. The van der Waals surface area contributed by atoms with E-state index in [0.29, 0.717) is 30.6 Å². The molecule has 1 aliphatic carbocycles. The Morgan fingerprint density at radius 2 is 1.97 bits per heavy atom. The summed E-state index contributed by atoms with van der Waals surface area (Å²) >= 11 is 0. The molecular weight excluding hydrogens is 421 g/mol. The Balaban J connectivity index is 1.28. The van der Waals surface area contributed by atoms with Crippen molar-refractivity contribution >= 4 is 29.0 Å². The van der Waals surface area contributed by atoms with Crippen molar-refractivity contribution < 1.29 is 9.18 Å². The van der Waals surface area contributed by atoms with Gasteiger partial charge >= 0.3 is 0 Å². The highest BCUT2D eigenvalue weighted by Gasteiger charge is 2.55. The molecule has 1 aromatic heterocycles. The van der Waals surface area contributed by atoms with E-state index in [1.165, 1.54) is 12.8 Å². The lowest BCUT2D eigenvalue weighted by Gasteiger charge is -2.38. The van der Waals surface area contributed by atoms with E-state index >= 15 is 0 Å². The summed E-state index contributed by atoms with van der Waals surface area (Å²) < 4.78 is 15.0. The number of piperazine rings is 1. The van der Waals surface area contributed by atoms with Gasteiger partial charge in [0.2, 0.25) is 11.9 Å². The summed E-state index contributed by atoms with van der Waals surface area (Å²) in [6.07, 6.45) is 7.72. The van der Waals surface area contributed by atoms with Crippen molar-refractivity contribution in [1.82, 2.24) is 20.6 Å². The van der Waals surface area contributed by atoms with E-state index in [4.69, 9.17) is 4.98 Å². The van der Waals surface area contributed by atoms with Crippen LogP contribution in [0.4, 0.5) is 27.5 Å². The summed E-state index contributed by atoms with van der Waals surface area (Å²) in [4.78, 5) is 26.7. The molecule has 0 radical (unpaired) electrons. The normalized spacial score (nSPS) is 25.1. The highest BCUT2D eigenvalue weighted by atomic mass is 19.1. The lowest BCUT2D eigenvalue weighted by atomic mass is 9.91. The summed E-state index contributed by atoms with van der Waals surface area (Å²) in [5, 5.41) is 9.43. The van der Waals surface area contributed by atoms with Gasteiger partial charge in [0.25, 0.3) is 0 Å². The monoisotopic (exact) mass is 451 g/mol. The van der Waals surface area contributed by atoms with Gasteiger partial charge in [-0.3, -0.25) is 4.79 Å². The van der Waals surface area contributed by atoms with Crippen LogP contribution in [0.5, 0.6) is 0 Å². The van der Waals surface area contributed by atoms with Gasteiger partial charge < -0.3 is 25.8 Å². The van der Waals surface area contributed by atoms with Crippen molar-refractivity contribution in [3.05, 3.63) is 35.8 Å². The number of carbonyl (C=O) groups excluding carboxylic acids is 1. The molecular formula is C24H30FN7O. The maximum atomic E-state index is 15.0. The van der Waals surface area contributed by atoms with Crippen molar-refractivity contribution in [1.29, 1.82) is 0 Å². The average Bonchev–Trinajstić information content (AvgIpc) is 3.55. The maximum Gasteiger partial charge on any atom is 0.246 e. The molecule has 33 heavy (non-hydrogen) atoms. The highest BCUT2D eigenvalue weighted by Crippen LogP contribution is 2.46. The quantitative estimate of drug-likeness (QED) is 0.658. The molecule has 1 amide bonds. The van der Waals surface area contributed by atoms with E-state index < -0.39 is 5.54 Å². The minimum atomic E-state index is -0.555. The third-order valence-corrected chi connectivity index (χ3v) is 7.63. The minimum absolute atomic E-state index is 0.0939. The second-order valence-electron chi connectivity index (χ2n) is 9.59. The van der Waals surface area contributed by atoms with E-state index in [1.54, 1.807) is 18.3 Å².